The van der Waals surface area contributed by atoms with Gasteiger partial charge in [0.1, 0.15) is 0 Å². The molecular weight excluding hydrogens is 224 g/mol. The van der Waals surface area contributed by atoms with Gasteiger partial charge in [-0.15, -0.1) is 12.4 Å². The number of rotatable bonds is 2. The van der Waals surface area contributed by atoms with E-state index in [2.05, 4.69) is 10.2 Å². The summed E-state index contributed by atoms with van der Waals surface area (Å²) in [6, 6.07) is 0. The first kappa shape index (κ1) is 13.8. The molecule has 1 N–H and O–H groups in total. The number of nitrogens with zero attached hydrogens (tertiary/aromatic N) is 1. The summed E-state index contributed by atoms with van der Waals surface area (Å²) in [6.45, 7) is 4.24. The van der Waals surface area contributed by atoms with Crippen molar-refractivity contribution < 1.29 is 4.79 Å². The first-order chi connectivity index (χ1) is 7.36. The van der Waals surface area contributed by atoms with Crippen LogP contribution in [0.4, 0.5) is 0 Å². The molecule has 1 amide bonds. The molecule has 94 valence electrons. The molecule has 4 heteroatoms. The minimum absolute atomic E-state index is 0. The first-order valence-corrected chi connectivity index (χ1v) is 6.35. The third-order valence-corrected chi connectivity index (χ3v) is 3.62. The molecule has 16 heavy (non-hydrogen) atoms. The molecule has 3 nitrogen and oxygen atoms in total. The normalized spacial score (nSPS) is 26.0. The highest BCUT2D eigenvalue weighted by atomic mass is 35.5. The molecule has 2 heterocycles. The summed E-state index contributed by atoms with van der Waals surface area (Å²) in [4.78, 5) is 14.0. The summed E-state index contributed by atoms with van der Waals surface area (Å²) in [5, 5.41) is 3.40. The lowest BCUT2D eigenvalue weighted by Crippen LogP contribution is -2.29. The number of hydrogen-bond donors (Lipinski definition) is 1. The van der Waals surface area contributed by atoms with E-state index < -0.39 is 0 Å². The van der Waals surface area contributed by atoms with E-state index >= 15 is 0 Å². The molecule has 1 unspecified atom stereocenters. The van der Waals surface area contributed by atoms with Crippen molar-refractivity contribution in [2.75, 3.05) is 26.2 Å². The highest BCUT2D eigenvalue weighted by Crippen LogP contribution is 2.20. The summed E-state index contributed by atoms with van der Waals surface area (Å²) >= 11 is 0. The molecule has 0 aromatic carbocycles. The van der Waals surface area contributed by atoms with Crippen molar-refractivity contribution in [3.63, 3.8) is 0 Å². The molecule has 0 aromatic heterocycles. The predicted molar refractivity (Wildman–Crippen MR) is 67.9 cm³/mol. The zero-order valence-corrected chi connectivity index (χ0v) is 10.7. The fraction of sp³-hybridized carbons (Fsp3) is 0.917. The van der Waals surface area contributed by atoms with Crippen LogP contribution < -0.4 is 5.32 Å². The van der Waals surface area contributed by atoms with Crippen LogP contribution in [0, 0.1) is 5.92 Å². The monoisotopic (exact) mass is 246 g/mol. The maximum Gasteiger partial charge on any atom is 0.222 e. The maximum atomic E-state index is 11.9. The van der Waals surface area contributed by atoms with E-state index in [0.29, 0.717) is 11.8 Å². The lowest BCUT2D eigenvalue weighted by molar-refractivity contribution is -0.131. The van der Waals surface area contributed by atoms with Gasteiger partial charge in [0, 0.05) is 19.5 Å². The Morgan fingerprint density at radius 3 is 2.62 bits per heavy atom. The van der Waals surface area contributed by atoms with Gasteiger partial charge in [-0.2, -0.15) is 0 Å². The second-order valence-corrected chi connectivity index (χ2v) is 4.84. The number of carbonyl (C=O) groups is 1. The van der Waals surface area contributed by atoms with Gasteiger partial charge in [-0.3, -0.25) is 4.79 Å². The van der Waals surface area contributed by atoms with Gasteiger partial charge >= 0.3 is 0 Å². The Bertz CT molecular complexity index is 209. The van der Waals surface area contributed by atoms with E-state index in [-0.39, 0.29) is 12.4 Å². The Kier molecular flexibility index (Phi) is 6.14. The van der Waals surface area contributed by atoms with Crippen LogP contribution in [-0.4, -0.2) is 37.0 Å². The van der Waals surface area contributed by atoms with Gasteiger partial charge in [-0.25, -0.2) is 0 Å². The van der Waals surface area contributed by atoms with E-state index in [1.54, 1.807) is 0 Å². The van der Waals surface area contributed by atoms with E-state index in [4.69, 9.17) is 0 Å². The molecule has 0 aromatic rings. The average Bonchev–Trinajstić information content (AvgIpc) is 2.65. The van der Waals surface area contributed by atoms with Gasteiger partial charge in [0.2, 0.25) is 5.91 Å². The molecule has 1 atom stereocenters. The largest absolute Gasteiger partial charge is 0.343 e. The van der Waals surface area contributed by atoms with Crippen LogP contribution in [0.25, 0.3) is 0 Å². The number of halogens is 1. The van der Waals surface area contributed by atoms with Crippen molar-refractivity contribution in [1.82, 2.24) is 10.2 Å². The van der Waals surface area contributed by atoms with Crippen molar-refractivity contribution >= 4 is 18.3 Å². The number of hydrogen-bond acceptors (Lipinski definition) is 2. The van der Waals surface area contributed by atoms with Crippen LogP contribution in [0.3, 0.4) is 0 Å². The lowest BCUT2D eigenvalue weighted by Gasteiger charge is -2.19. The Labute approximate surface area is 104 Å². The standard InChI is InChI=1S/C12H22N2O.ClH/c15-12(14-8-1-2-9-14)10-11-4-3-6-13-7-5-11;/h11,13H,1-10H2;1H. The van der Waals surface area contributed by atoms with Crippen molar-refractivity contribution in [2.24, 2.45) is 5.92 Å². The fourth-order valence-electron chi connectivity index (χ4n) is 2.64. The van der Waals surface area contributed by atoms with Crippen molar-refractivity contribution in [3.8, 4) is 0 Å². The Balaban J connectivity index is 0.00000128. The zero-order chi connectivity index (χ0) is 10.5. The maximum absolute atomic E-state index is 11.9. The van der Waals surface area contributed by atoms with Crippen molar-refractivity contribution in [3.05, 3.63) is 0 Å². The smallest absolute Gasteiger partial charge is 0.222 e. The average molecular weight is 247 g/mol. The Morgan fingerprint density at radius 2 is 1.88 bits per heavy atom. The van der Waals surface area contributed by atoms with Gasteiger partial charge in [-0.1, -0.05) is 0 Å². The SMILES string of the molecule is Cl.O=C(CC1CCCNCC1)N1CCCC1. The van der Waals surface area contributed by atoms with Crippen LogP contribution in [0.5, 0.6) is 0 Å². The summed E-state index contributed by atoms with van der Waals surface area (Å²) in [5.74, 6) is 1.03. The highest BCUT2D eigenvalue weighted by molar-refractivity contribution is 5.85. The third-order valence-electron chi connectivity index (χ3n) is 3.62. The van der Waals surface area contributed by atoms with Crippen LogP contribution >= 0.6 is 12.4 Å². The van der Waals surface area contributed by atoms with Gasteiger partial charge in [0.25, 0.3) is 0 Å². The summed E-state index contributed by atoms with van der Waals surface area (Å²) < 4.78 is 0. The highest BCUT2D eigenvalue weighted by Gasteiger charge is 2.22. The minimum Gasteiger partial charge on any atom is -0.343 e. The quantitative estimate of drug-likeness (QED) is 0.806. The second kappa shape index (κ2) is 7.13. The van der Waals surface area contributed by atoms with Gasteiger partial charge < -0.3 is 10.2 Å². The van der Waals surface area contributed by atoms with E-state index in [1.165, 1.54) is 32.1 Å². The second-order valence-electron chi connectivity index (χ2n) is 4.84. The van der Waals surface area contributed by atoms with Crippen LogP contribution in [-0.2, 0) is 4.79 Å². The summed E-state index contributed by atoms with van der Waals surface area (Å²) in [6.07, 6.45) is 6.85. The van der Waals surface area contributed by atoms with Crippen LogP contribution in [0.15, 0.2) is 0 Å². The topological polar surface area (TPSA) is 32.3 Å². The molecule has 0 saturated carbocycles. The molecule has 2 saturated heterocycles. The van der Waals surface area contributed by atoms with Gasteiger partial charge in [-0.05, 0) is 51.1 Å². The molecule has 2 aliphatic heterocycles. The van der Waals surface area contributed by atoms with E-state index in [0.717, 1.165) is 32.6 Å². The predicted octanol–water partition coefficient (Wildman–Crippen LogP) is 1.81. The molecule has 0 radical (unpaired) electrons. The minimum atomic E-state index is 0. The Hall–Kier alpha value is -0.280. The molecule has 0 aliphatic carbocycles. The van der Waals surface area contributed by atoms with Gasteiger partial charge in [0.15, 0.2) is 0 Å². The molecular formula is C12H23ClN2O. The van der Waals surface area contributed by atoms with Crippen molar-refractivity contribution in [1.29, 1.82) is 0 Å². The van der Waals surface area contributed by atoms with E-state index in [9.17, 15) is 4.79 Å². The van der Waals surface area contributed by atoms with Crippen molar-refractivity contribution in [2.45, 2.75) is 38.5 Å². The summed E-state index contributed by atoms with van der Waals surface area (Å²) in [7, 11) is 0. The molecule has 0 spiro atoms. The first-order valence-electron chi connectivity index (χ1n) is 6.35. The number of likely N-dealkylation sites (tertiary alicyclic amines) is 1. The third kappa shape index (κ3) is 3.95. The van der Waals surface area contributed by atoms with E-state index in [1.807, 2.05) is 0 Å². The molecule has 2 aliphatic rings. The molecule has 2 rings (SSSR count). The Morgan fingerprint density at radius 1 is 1.12 bits per heavy atom. The van der Waals surface area contributed by atoms with Crippen LogP contribution in [0.2, 0.25) is 0 Å². The fourth-order valence-corrected chi connectivity index (χ4v) is 2.64. The summed E-state index contributed by atoms with van der Waals surface area (Å²) in [5.41, 5.74) is 0. The molecule has 2 fully saturated rings. The molecule has 0 bridgehead atoms. The lowest BCUT2D eigenvalue weighted by atomic mass is 9.96. The van der Waals surface area contributed by atoms with Gasteiger partial charge in [0.05, 0.1) is 0 Å². The van der Waals surface area contributed by atoms with Crippen LogP contribution in [0.1, 0.15) is 38.5 Å². The number of amides is 1. The zero-order valence-electron chi connectivity index (χ0n) is 9.91. The number of nitrogens with one attached hydrogen (secondary N) is 1. The number of carbonyl (C=O) groups excluding carboxylic acids is 1.